The molecule has 7 rings (SSSR count). The van der Waals surface area contributed by atoms with Crippen LogP contribution in [0.5, 0.6) is 11.5 Å². The highest BCUT2D eigenvalue weighted by molar-refractivity contribution is 7.90. The number of hydrogen-bond donors (Lipinski definition) is 1. The monoisotopic (exact) mass is 840 g/mol. The van der Waals surface area contributed by atoms with Crippen LogP contribution in [0.1, 0.15) is 86.7 Å². The van der Waals surface area contributed by atoms with Gasteiger partial charge in [0, 0.05) is 41.2 Å². The van der Waals surface area contributed by atoms with Gasteiger partial charge in [0.15, 0.2) is 11.5 Å². The number of fused-ring (bicyclic) bond motifs is 2. The number of carbonyl (C=O) groups is 1. The molecule has 0 aliphatic carbocycles. The molecule has 1 unspecified atom stereocenters. The molecule has 0 bridgehead atoms. The Morgan fingerprint density at radius 3 is 2.25 bits per heavy atom. The van der Waals surface area contributed by atoms with Crippen molar-refractivity contribution in [2.24, 2.45) is 0 Å². The van der Waals surface area contributed by atoms with E-state index in [1.165, 1.54) is 10.4 Å². The van der Waals surface area contributed by atoms with Crippen LogP contribution in [0.2, 0.25) is 5.04 Å². The summed E-state index contributed by atoms with van der Waals surface area (Å²) in [7, 11) is 1.12. The lowest BCUT2D eigenvalue weighted by molar-refractivity contribution is 0.0945. The first kappa shape index (κ1) is 43.2. The molecule has 312 valence electrons. The van der Waals surface area contributed by atoms with E-state index < -0.39 is 24.4 Å². The molecule has 3 heterocycles. The third-order valence-corrected chi connectivity index (χ3v) is 17.8. The Kier molecular flexibility index (Phi) is 12.9. The lowest BCUT2D eigenvalue weighted by atomic mass is 9.95. The van der Waals surface area contributed by atoms with E-state index >= 15 is 0 Å². The first-order chi connectivity index (χ1) is 28.7. The second-order valence-electron chi connectivity index (χ2n) is 17.7. The van der Waals surface area contributed by atoms with Crippen molar-refractivity contribution in [1.29, 1.82) is 0 Å². The summed E-state index contributed by atoms with van der Waals surface area (Å²) in [5.74, 6) is 7.60. The standard InChI is InChI=1S/C49H56N4O5SSi/c1-48(2,3)59(55)53-33-38-31-41(47(54)50-32-36-24-25-43-44(30-36)57-34-56-43)51-46(37-19-15-17-35(29-37)18-16-27-52(7)8)45(38)42(53)26-28-58-60(49(4,5)6,39-20-11-9-12-21-39)40-22-13-10-14-23-40/h9-15,17,19-25,29-31,42H,26-28,32-34H2,1-8H3,(H,50,54)/t42-,59?/m1/s1. The summed E-state index contributed by atoms with van der Waals surface area (Å²) in [4.78, 5) is 21.3. The van der Waals surface area contributed by atoms with Crippen molar-refractivity contribution in [1.82, 2.24) is 19.5 Å². The third-order valence-electron chi connectivity index (χ3n) is 10.9. The minimum absolute atomic E-state index is 0.180. The van der Waals surface area contributed by atoms with Gasteiger partial charge in [-0.05, 0) is 98.2 Å². The maximum absolute atomic E-state index is 14.6. The lowest BCUT2D eigenvalue weighted by Crippen LogP contribution is -2.66. The highest BCUT2D eigenvalue weighted by Gasteiger charge is 2.51. The first-order valence-corrected chi connectivity index (χ1v) is 23.6. The molecular weight excluding hydrogens is 785 g/mol. The fourth-order valence-electron chi connectivity index (χ4n) is 8.14. The largest absolute Gasteiger partial charge is 0.597 e. The Labute approximate surface area is 359 Å². The van der Waals surface area contributed by atoms with E-state index in [1.807, 2.05) is 88.3 Å². The number of ether oxygens (including phenoxy) is 2. The van der Waals surface area contributed by atoms with Crippen LogP contribution < -0.4 is 25.2 Å². The van der Waals surface area contributed by atoms with E-state index in [1.54, 1.807) is 0 Å². The number of amides is 1. The fourth-order valence-corrected chi connectivity index (χ4v) is 14.1. The summed E-state index contributed by atoms with van der Waals surface area (Å²) in [6.07, 6.45) is 0.561. The average Bonchev–Trinajstić information content (AvgIpc) is 3.85. The van der Waals surface area contributed by atoms with Gasteiger partial charge in [0.1, 0.15) is 10.4 Å². The van der Waals surface area contributed by atoms with E-state index in [2.05, 4.69) is 103 Å². The summed E-state index contributed by atoms with van der Waals surface area (Å²) in [6.45, 7) is 14.7. The number of nitrogens with one attached hydrogen (secondary N) is 1. The van der Waals surface area contributed by atoms with Crippen LogP contribution >= 0.6 is 0 Å². The molecule has 2 aliphatic rings. The zero-order chi connectivity index (χ0) is 42.7. The van der Waals surface area contributed by atoms with Crippen LogP contribution in [0.3, 0.4) is 0 Å². The van der Waals surface area contributed by atoms with Crippen molar-refractivity contribution in [2.75, 3.05) is 34.0 Å². The smallest absolute Gasteiger partial charge is 0.270 e. The number of benzene rings is 4. The van der Waals surface area contributed by atoms with Crippen molar-refractivity contribution in [3.8, 4) is 34.6 Å². The van der Waals surface area contributed by atoms with Gasteiger partial charge in [0.25, 0.3) is 14.2 Å². The summed E-state index contributed by atoms with van der Waals surface area (Å²) in [5.41, 5.74) is 5.43. The molecule has 1 N–H and O–H groups in total. The van der Waals surface area contributed by atoms with Crippen molar-refractivity contribution in [3.63, 3.8) is 0 Å². The molecule has 11 heteroatoms. The van der Waals surface area contributed by atoms with E-state index in [9.17, 15) is 9.35 Å². The van der Waals surface area contributed by atoms with Gasteiger partial charge in [-0.3, -0.25) is 9.69 Å². The topological polar surface area (TPSA) is 99.2 Å². The highest BCUT2D eigenvalue weighted by atomic mass is 32.2. The van der Waals surface area contributed by atoms with Gasteiger partial charge >= 0.3 is 0 Å². The van der Waals surface area contributed by atoms with Crippen LogP contribution in [-0.4, -0.2) is 71.8 Å². The first-order valence-electron chi connectivity index (χ1n) is 20.5. The predicted octanol–water partition coefficient (Wildman–Crippen LogP) is 7.61. The SMILES string of the molecule is CN(C)CC#Cc1cccc(-c2nc(C(=O)NCc3ccc4c(c3)OCO4)cc3c2[C@@H](CCO[Si](c2ccccc2)(c2ccccc2)C(C)(C)C)N([S+]([O-])C(C)(C)C)C3)c1. The lowest BCUT2D eigenvalue weighted by Gasteiger charge is -2.43. The zero-order valence-corrected chi connectivity index (χ0v) is 37.8. The number of rotatable bonds is 12. The Bertz CT molecular complexity index is 2330. The van der Waals surface area contributed by atoms with Crippen LogP contribution in [0.25, 0.3) is 11.3 Å². The normalized spacial score (nSPS) is 15.7. The minimum atomic E-state index is -2.87. The quantitative estimate of drug-likeness (QED) is 0.0780. The van der Waals surface area contributed by atoms with E-state index in [-0.39, 0.29) is 30.3 Å². The van der Waals surface area contributed by atoms with Gasteiger partial charge in [0.2, 0.25) is 6.79 Å². The maximum Gasteiger partial charge on any atom is 0.270 e. The molecule has 0 fully saturated rings. The van der Waals surface area contributed by atoms with Crippen LogP contribution in [0, 0.1) is 11.8 Å². The molecule has 60 heavy (non-hydrogen) atoms. The van der Waals surface area contributed by atoms with Gasteiger partial charge in [-0.2, -0.15) is 0 Å². The Balaban J connectivity index is 1.30. The molecule has 9 nitrogen and oxygen atoms in total. The highest BCUT2D eigenvalue weighted by Crippen LogP contribution is 2.46. The van der Waals surface area contributed by atoms with Crippen molar-refractivity contribution >= 4 is 36.0 Å². The summed E-state index contributed by atoms with van der Waals surface area (Å²) < 4.78 is 34.6. The Hall–Kier alpha value is -4.93. The van der Waals surface area contributed by atoms with Gasteiger partial charge < -0.3 is 23.8 Å². The molecule has 1 amide bonds. The van der Waals surface area contributed by atoms with E-state index in [0.29, 0.717) is 49.0 Å². The van der Waals surface area contributed by atoms with Crippen molar-refractivity contribution < 1.29 is 23.2 Å². The second kappa shape index (κ2) is 18.0. The predicted molar refractivity (Wildman–Crippen MR) is 243 cm³/mol. The molecule has 2 aliphatic heterocycles. The molecule has 1 aromatic heterocycles. The number of hydrogen-bond acceptors (Lipinski definition) is 8. The fraction of sp³-hybridized carbons (Fsp3) is 0.347. The van der Waals surface area contributed by atoms with Gasteiger partial charge in [-0.1, -0.05) is 111 Å². The minimum Gasteiger partial charge on any atom is -0.597 e. The van der Waals surface area contributed by atoms with Gasteiger partial charge in [-0.15, -0.1) is 4.31 Å². The van der Waals surface area contributed by atoms with E-state index in [4.69, 9.17) is 18.9 Å². The molecule has 0 radical (unpaired) electrons. The Morgan fingerprint density at radius 2 is 1.60 bits per heavy atom. The summed E-state index contributed by atoms with van der Waals surface area (Å²) in [5, 5.41) is 5.28. The van der Waals surface area contributed by atoms with Crippen LogP contribution in [-0.2, 0) is 28.9 Å². The molecule has 5 aromatic rings. The van der Waals surface area contributed by atoms with Gasteiger partial charge in [0.05, 0.1) is 24.8 Å². The molecule has 0 saturated carbocycles. The summed E-state index contributed by atoms with van der Waals surface area (Å²) in [6, 6.07) is 36.5. The number of nitrogens with zero attached hydrogens (tertiary/aromatic N) is 3. The number of aromatic nitrogens is 1. The average molecular weight is 841 g/mol. The molecule has 4 aromatic carbocycles. The molecule has 2 atom stereocenters. The number of carbonyl (C=O) groups excluding carboxylic acids is 1. The number of pyridine rings is 1. The summed E-state index contributed by atoms with van der Waals surface area (Å²) >= 11 is -1.39. The van der Waals surface area contributed by atoms with Crippen LogP contribution in [0.4, 0.5) is 0 Å². The van der Waals surface area contributed by atoms with E-state index in [0.717, 1.165) is 27.8 Å². The van der Waals surface area contributed by atoms with Crippen LogP contribution in [0.15, 0.2) is 109 Å². The Morgan fingerprint density at radius 1 is 0.917 bits per heavy atom. The molecule has 0 saturated heterocycles. The third kappa shape index (κ3) is 9.20. The van der Waals surface area contributed by atoms with Gasteiger partial charge in [-0.25, -0.2) is 4.98 Å². The second-order valence-corrected chi connectivity index (χ2v) is 24.2. The molecule has 0 spiro atoms. The molecular formula is C49H56N4O5SSi. The maximum atomic E-state index is 14.6. The van der Waals surface area contributed by atoms with Crippen molar-refractivity contribution in [3.05, 3.63) is 137 Å². The van der Waals surface area contributed by atoms with Crippen molar-refractivity contribution in [2.45, 2.75) is 76.9 Å². The zero-order valence-electron chi connectivity index (χ0n) is 36.0.